The van der Waals surface area contributed by atoms with Crippen LogP contribution >= 0.6 is 0 Å². The Labute approximate surface area is 233 Å². The minimum atomic E-state index is -4.78. The van der Waals surface area contributed by atoms with Gasteiger partial charge < -0.3 is 15.7 Å². The Bertz CT molecular complexity index is 1190. The molecule has 0 fully saturated rings. The number of pyridine rings is 1. The topological polar surface area (TPSA) is 57.2 Å². The molecule has 0 aliphatic carbocycles. The second-order valence-corrected chi connectivity index (χ2v) is 8.40. The van der Waals surface area contributed by atoms with Crippen molar-refractivity contribution in [3.8, 4) is 11.3 Å². The van der Waals surface area contributed by atoms with Crippen LogP contribution in [0.4, 0.5) is 26.3 Å². The first-order valence-electron chi connectivity index (χ1n) is 11.8. The molecule has 0 saturated carbocycles. The SMILES string of the molecule is O[C@@H](CNCCNCc1cc[cH-]c1)c1cc(-c2ccc(C(F)(F)F)cc2)nc(C(F)(F)F)c1.[Fe+2].c1cc[cH-]c1. The molecule has 0 unspecified atom stereocenters. The molecule has 0 saturated heterocycles. The first-order chi connectivity index (χ1) is 18.0. The molecule has 1 atom stereocenters. The maximum absolute atomic E-state index is 13.3. The van der Waals surface area contributed by atoms with E-state index in [4.69, 9.17) is 0 Å². The van der Waals surface area contributed by atoms with E-state index in [2.05, 4.69) is 15.6 Å². The quantitative estimate of drug-likeness (QED) is 0.0924. The molecule has 1 aromatic heterocycles. The molecule has 0 aliphatic heterocycles. The standard InChI is InChI=1S/C23H22F6N3O.C5H5.Fe/c24-22(25,26)18-7-5-16(6-8-18)19-11-17(12-21(32-19)23(27,28)29)20(33)14-31-10-9-30-13-15-3-1-2-4-15;1-2-4-5-3-1;/h1-8,11-12,20,30-31,33H,9-10,13-14H2;1-5H;/q2*-1;+2/t20-;;/m0../s1. The van der Waals surface area contributed by atoms with Crippen molar-refractivity contribution in [1.29, 1.82) is 0 Å². The molecule has 1 heterocycles. The molecule has 3 N–H and O–H groups in total. The third-order valence-corrected chi connectivity index (χ3v) is 5.46. The van der Waals surface area contributed by atoms with Crippen molar-refractivity contribution in [2.24, 2.45) is 0 Å². The number of alkyl halides is 6. The summed E-state index contributed by atoms with van der Waals surface area (Å²) in [7, 11) is 0. The van der Waals surface area contributed by atoms with Gasteiger partial charge in [0.05, 0.1) is 17.4 Å². The number of benzene rings is 1. The summed E-state index contributed by atoms with van der Waals surface area (Å²) in [5, 5.41) is 16.6. The van der Waals surface area contributed by atoms with Crippen molar-refractivity contribution in [3.63, 3.8) is 0 Å². The van der Waals surface area contributed by atoms with Crippen LogP contribution in [-0.4, -0.2) is 29.7 Å². The van der Waals surface area contributed by atoms with Gasteiger partial charge >= 0.3 is 29.4 Å². The van der Waals surface area contributed by atoms with E-state index >= 15 is 0 Å². The number of aromatic nitrogens is 1. The van der Waals surface area contributed by atoms with Gasteiger partial charge in [-0.05, 0) is 36.4 Å². The monoisotopic (exact) mass is 591 g/mol. The van der Waals surface area contributed by atoms with E-state index in [1.807, 2.05) is 54.6 Å². The van der Waals surface area contributed by atoms with E-state index in [1.165, 1.54) is 6.07 Å². The first kappa shape index (κ1) is 32.3. The molecule has 210 valence electrons. The van der Waals surface area contributed by atoms with Gasteiger partial charge in [-0.15, -0.1) is 0 Å². The van der Waals surface area contributed by atoms with Gasteiger partial charge in [0.15, 0.2) is 0 Å². The fourth-order valence-corrected chi connectivity index (χ4v) is 3.49. The summed E-state index contributed by atoms with van der Waals surface area (Å²) in [6.45, 7) is 1.72. The summed E-state index contributed by atoms with van der Waals surface area (Å²) >= 11 is 0. The van der Waals surface area contributed by atoms with Crippen molar-refractivity contribution in [2.45, 2.75) is 25.0 Å². The molecular weight excluding hydrogens is 564 g/mol. The number of aliphatic hydroxyl groups excluding tert-OH is 1. The minimum Gasteiger partial charge on any atom is -0.387 e. The van der Waals surface area contributed by atoms with E-state index in [0.717, 1.165) is 35.9 Å². The van der Waals surface area contributed by atoms with Crippen LogP contribution in [0.3, 0.4) is 0 Å². The summed E-state index contributed by atoms with van der Waals surface area (Å²) < 4.78 is 78.3. The zero-order chi connectivity index (χ0) is 27.6. The van der Waals surface area contributed by atoms with E-state index in [0.29, 0.717) is 19.6 Å². The molecule has 0 amide bonds. The summed E-state index contributed by atoms with van der Waals surface area (Å²) in [6, 6.07) is 23.4. The second kappa shape index (κ2) is 15.0. The first-order valence-corrected chi connectivity index (χ1v) is 11.8. The molecule has 3 aromatic carbocycles. The Morgan fingerprint density at radius 3 is 2.03 bits per heavy atom. The molecule has 0 bridgehead atoms. The van der Waals surface area contributed by atoms with Crippen LogP contribution in [0.15, 0.2) is 91.0 Å². The molecule has 4 nitrogen and oxygen atoms in total. The number of rotatable bonds is 9. The van der Waals surface area contributed by atoms with Crippen LogP contribution in [0.25, 0.3) is 11.3 Å². The third kappa shape index (κ3) is 10.6. The van der Waals surface area contributed by atoms with Crippen LogP contribution in [0, 0.1) is 0 Å². The molecule has 4 aromatic rings. The van der Waals surface area contributed by atoms with Gasteiger partial charge in [-0.1, -0.05) is 12.1 Å². The molecule has 0 aliphatic rings. The van der Waals surface area contributed by atoms with Gasteiger partial charge in [-0.3, -0.25) is 0 Å². The van der Waals surface area contributed by atoms with Crippen LogP contribution in [0.2, 0.25) is 0 Å². The smallest absolute Gasteiger partial charge is 0.387 e. The summed E-state index contributed by atoms with van der Waals surface area (Å²) in [4.78, 5) is 3.55. The largest absolute Gasteiger partial charge is 2.00 e. The Kier molecular flexibility index (Phi) is 12.4. The van der Waals surface area contributed by atoms with E-state index in [1.54, 1.807) is 0 Å². The van der Waals surface area contributed by atoms with Gasteiger partial charge in [0.25, 0.3) is 0 Å². The van der Waals surface area contributed by atoms with Crippen molar-refractivity contribution < 1.29 is 48.5 Å². The zero-order valence-corrected chi connectivity index (χ0v) is 21.7. The summed E-state index contributed by atoms with van der Waals surface area (Å²) in [5.41, 5.74) is -1.16. The van der Waals surface area contributed by atoms with Gasteiger partial charge in [0.2, 0.25) is 0 Å². The van der Waals surface area contributed by atoms with Gasteiger partial charge in [-0.25, -0.2) is 23.2 Å². The summed E-state index contributed by atoms with van der Waals surface area (Å²) in [5.74, 6) is 0. The molecule has 4 rings (SSSR count). The number of aliphatic hydroxyl groups is 1. The van der Waals surface area contributed by atoms with Crippen LogP contribution in [0.5, 0.6) is 0 Å². The average molecular weight is 591 g/mol. The fraction of sp³-hybridized carbons (Fsp3) is 0.250. The van der Waals surface area contributed by atoms with Gasteiger partial charge in [-0.2, -0.15) is 68.3 Å². The average Bonchev–Trinajstić information content (AvgIpc) is 3.62. The number of halogens is 6. The Morgan fingerprint density at radius 2 is 1.49 bits per heavy atom. The molecule has 0 radical (unpaired) electrons. The van der Waals surface area contributed by atoms with Gasteiger partial charge in [0, 0.05) is 25.2 Å². The van der Waals surface area contributed by atoms with E-state index in [9.17, 15) is 31.4 Å². The Hall–Kier alpha value is -2.95. The number of nitrogens with zero attached hydrogens (tertiary/aromatic N) is 1. The van der Waals surface area contributed by atoms with Crippen molar-refractivity contribution >= 4 is 0 Å². The summed E-state index contributed by atoms with van der Waals surface area (Å²) in [6.07, 6.45) is -10.6. The Balaban J connectivity index is 0.000000797. The molecular formula is C28H27F6FeN3O. The number of hydrogen-bond acceptors (Lipinski definition) is 4. The second-order valence-electron chi connectivity index (χ2n) is 8.40. The van der Waals surface area contributed by atoms with E-state index in [-0.39, 0.29) is 40.4 Å². The maximum atomic E-state index is 13.3. The number of hydrogen-bond donors (Lipinski definition) is 3. The zero-order valence-electron chi connectivity index (χ0n) is 20.6. The predicted molar refractivity (Wildman–Crippen MR) is 133 cm³/mol. The third-order valence-electron chi connectivity index (χ3n) is 5.46. The van der Waals surface area contributed by atoms with Gasteiger partial charge in [0.1, 0.15) is 5.69 Å². The maximum Gasteiger partial charge on any atom is 2.00 e. The minimum absolute atomic E-state index is 0. The van der Waals surface area contributed by atoms with Crippen LogP contribution in [0.1, 0.15) is 28.5 Å². The van der Waals surface area contributed by atoms with Crippen molar-refractivity contribution in [1.82, 2.24) is 15.6 Å². The normalized spacial score (nSPS) is 12.3. The van der Waals surface area contributed by atoms with Crippen molar-refractivity contribution in [3.05, 3.63) is 113 Å². The Morgan fingerprint density at radius 1 is 0.821 bits per heavy atom. The van der Waals surface area contributed by atoms with Crippen LogP contribution in [-0.2, 0) is 36.0 Å². The predicted octanol–water partition coefficient (Wildman–Crippen LogP) is 6.32. The van der Waals surface area contributed by atoms with E-state index < -0.39 is 29.7 Å². The van der Waals surface area contributed by atoms with Crippen LogP contribution < -0.4 is 10.6 Å². The van der Waals surface area contributed by atoms with Crippen molar-refractivity contribution in [2.75, 3.05) is 19.6 Å². The molecule has 39 heavy (non-hydrogen) atoms. The molecule has 11 heteroatoms. The molecule has 0 spiro atoms. The number of nitrogens with one attached hydrogen (secondary N) is 2. The fourth-order valence-electron chi connectivity index (χ4n) is 3.49.